The summed E-state index contributed by atoms with van der Waals surface area (Å²) in [6.45, 7) is 2.21. The number of para-hydroxylation sites is 1. The lowest BCUT2D eigenvalue weighted by atomic mass is 10.2. The second-order valence-electron chi connectivity index (χ2n) is 7.88. The molecule has 0 amide bonds. The van der Waals surface area contributed by atoms with Crippen molar-refractivity contribution in [3.8, 4) is 5.75 Å². The quantitative estimate of drug-likeness (QED) is 0.152. The van der Waals surface area contributed by atoms with Crippen LogP contribution < -0.4 is 10.3 Å². The molecule has 0 bridgehead atoms. The van der Waals surface area contributed by atoms with Crippen LogP contribution in [0.4, 0.5) is 5.69 Å². The van der Waals surface area contributed by atoms with E-state index in [1.807, 2.05) is 36.4 Å². The fourth-order valence-corrected chi connectivity index (χ4v) is 3.97. The summed E-state index contributed by atoms with van der Waals surface area (Å²) >= 11 is 3.40. The zero-order chi connectivity index (χ0) is 24.8. The Hall–Kier alpha value is -3.85. The highest BCUT2D eigenvalue weighted by molar-refractivity contribution is 9.10. The third kappa shape index (κ3) is 5.63. The van der Waals surface area contributed by atoms with Gasteiger partial charge in [0, 0.05) is 22.5 Å². The molecule has 4 aromatic rings. The zero-order valence-electron chi connectivity index (χ0n) is 19.1. The molecule has 1 aromatic heterocycles. The monoisotopic (exact) mass is 534 g/mol. The number of rotatable bonds is 9. The summed E-state index contributed by atoms with van der Waals surface area (Å²) in [4.78, 5) is 29.1. The van der Waals surface area contributed by atoms with Crippen LogP contribution in [0.2, 0.25) is 0 Å². The van der Waals surface area contributed by atoms with Gasteiger partial charge < -0.3 is 4.74 Å². The molecule has 0 aliphatic heterocycles. The van der Waals surface area contributed by atoms with Gasteiger partial charge in [-0.2, -0.15) is 9.78 Å². The highest BCUT2D eigenvalue weighted by Crippen LogP contribution is 2.31. The lowest BCUT2D eigenvalue weighted by Crippen LogP contribution is -2.22. The molecule has 0 saturated heterocycles. The van der Waals surface area contributed by atoms with Crippen molar-refractivity contribution in [1.82, 2.24) is 9.66 Å². The largest absolute Gasteiger partial charge is 0.481 e. The Balaban J connectivity index is 1.78. The number of halogens is 1. The molecule has 0 unspecified atom stereocenters. The van der Waals surface area contributed by atoms with Crippen LogP contribution in [-0.4, -0.2) is 20.8 Å². The number of hydrogen-bond acceptors (Lipinski definition) is 6. The number of nitrogens with zero attached hydrogens (tertiary/aromatic N) is 4. The Labute approximate surface area is 210 Å². The average molecular weight is 535 g/mol. The summed E-state index contributed by atoms with van der Waals surface area (Å²) in [7, 11) is 0. The van der Waals surface area contributed by atoms with Crippen molar-refractivity contribution in [2.24, 2.45) is 5.10 Å². The fourth-order valence-electron chi connectivity index (χ4n) is 3.61. The minimum absolute atomic E-state index is 0.0877. The summed E-state index contributed by atoms with van der Waals surface area (Å²) in [5.41, 5.74) is 1.37. The molecular weight excluding hydrogens is 512 g/mol. The molecular formula is C26H23BrN4O4. The van der Waals surface area contributed by atoms with E-state index in [2.05, 4.69) is 32.9 Å². The van der Waals surface area contributed by atoms with Crippen LogP contribution in [0.5, 0.6) is 5.75 Å². The third-order valence-electron chi connectivity index (χ3n) is 5.39. The lowest BCUT2D eigenvalue weighted by molar-refractivity contribution is -0.385. The van der Waals surface area contributed by atoms with Crippen molar-refractivity contribution in [3.63, 3.8) is 0 Å². The average Bonchev–Trinajstić information content (AvgIpc) is 2.87. The van der Waals surface area contributed by atoms with Gasteiger partial charge in [-0.25, -0.2) is 4.98 Å². The Morgan fingerprint density at radius 3 is 2.69 bits per heavy atom. The predicted octanol–water partition coefficient (Wildman–Crippen LogP) is 5.87. The maximum absolute atomic E-state index is 13.3. The molecule has 0 radical (unpaired) electrons. The van der Waals surface area contributed by atoms with Gasteiger partial charge in [0.15, 0.2) is 0 Å². The Morgan fingerprint density at radius 1 is 1.14 bits per heavy atom. The number of hydrogen-bond donors (Lipinski definition) is 0. The smallest absolute Gasteiger partial charge is 0.311 e. The van der Waals surface area contributed by atoms with E-state index in [0.717, 1.165) is 22.9 Å². The van der Waals surface area contributed by atoms with Gasteiger partial charge in [-0.3, -0.25) is 14.9 Å². The highest BCUT2D eigenvalue weighted by Gasteiger charge is 2.19. The first-order valence-corrected chi connectivity index (χ1v) is 12.0. The van der Waals surface area contributed by atoms with E-state index < -0.39 is 4.92 Å². The van der Waals surface area contributed by atoms with Gasteiger partial charge in [-0.05, 0) is 36.2 Å². The molecule has 8 nitrogen and oxygen atoms in total. The number of ether oxygens (including phenoxy) is 1. The molecule has 0 N–H and O–H groups in total. The molecule has 0 aliphatic rings. The van der Waals surface area contributed by atoms with Crippen molar-refractivity contribution < 1.29 is 9.66 Å². The van der Waals surface area contributed by atoms with E-state index in [9.17, 15) is 14.9 Å². The van der Waals surface area contributed by atoms with Crippen molar-refractivity contribution in [2.45, 2.75) is 32.8 Å². The van der Waals surface area contributed by atoms with Crippen LogP contribution in [0.1, 0.15) is 36.7 Å². The van der Waals surface area contributed by atoms with Gasteiger partial charge >= 0.3 is 5.69 Å². The molecule has 35 heavy (non-hydrogen) atoms. The van der Waals surface area contributed by atoms with E-state index in [-0.39, 0.29) is 23.6 Å². The second-order valence-corrected chi connectivity index (χ2v) is 8.80. The summed E-state index contributed by atoms with van der Waals surface area (Å²) in [6, 6.07) is 19.3. The van der Waals surface area contributed by atoms with Crippen molar-refractivity contribution >= 4 is 38.7 Å². The molecule has 4 rings (SSSR count). The van der Waals surface area contributed by atoms with Gasteiger partial charge in [0.2, 0.25) is 5.75 Å². The molecule has 178 valence electrons. The Kier molecular flexibility index (Phi) is 7.67. The number of aromatic nitrogens is 2. The van der Waals surface area contributed by atoms with Crippen LogP contribution in [0.15, 0.2) is 81.1 Å². The molecule has 0 spiro atoms. The number of nitro groups is 1. The van der Waals surface area contributed by atoms with Crippen LogP contribution >= 0.6 is 15.9 Å². The van der Waals surface area contributed by atoms with Gasteiger partial charge in [-0.1, -0.05) is 65.7 Å². The molecule has 1 heterocycles. The first-order valence-electron chi connectivity index (χ1n) is 11.2. The van der Waals surface area contributed by atoms with Crippen LogP contribution in [-0.2, 0) is 13.0 Å². The normalized spacial score (nSPS) is 11.3. The van der Waals surface area contributed by atoms with Crippen molar-refractivity contribution in [2.75, 3.05) is 0 Å². The summed E-state index contributed by atoms with van der Waals surface area (Å²) in [5.74, 6) is 0.616. The summed E-state index contributed by atoms with van der Waals surface area (Å²) < 4.78 is 7.90. The van der Waals surface area contributed by atoms with Crippen LogP contribution in [0, 0.1) is 10.1 Å². The van der Waals surface area contributed by atoms with E-state index >= 15 is 0 Å². The Morgan fingerprint density at radius 2 is 1.94 bits per heavy atom. The molecule has 0 aliphatic carbocycles. The first-order chi connectivity index (χ1) is 17.0. The molecule has 0 saturated carbocycles. The van der Waals surface area contributed by atoms with Gasteiger partial charge in [0.25, 0.3) is 5.56 Å². The molecule has 0 fully saturated rings. The second kappa shape index (κ2) is 11.1. The van der Waals surface area contributed by atoms with Crippen molar-refractivity contribution in [1.29, 1.82) is 0 Å². The maximum Gasteiger partial charge on any atom is 0.311 e. The minimum Gasteiger partial charge on any atom is -0.481 e. The third-order valence-corrected chi connectivity index (χ3v) is 5.88. The molecule has 9 heteroatoms. The van der Waals surface area contributed by atoms with E-state index in [0.29, 0.717) is 28.7 Å². The summed E-state index contributed by atoms with van der Waals surface area (Å²) in [6.07, 6.45) is 3.75. The number of unbranched alkanes of at least 4 members (excludes halogenated alkanes) is 1. The number of nitro benzene ring substituents is 1. The highest BCUT2D eigenvalue weighted by atomic mass is 79.9. The van der Waals surface area contributed by atoms with E-state index in [1.54, 1.807) is 24.3 Å². The molecule has 3 aromatic carbocycles. The first kappa shape index (κ1) is 24.3. The predicted molar refractivity (Wildman–Crippen MR) is 139 cm³/mol. The van der Waals surface area contributed by atoms with Crippen molar-refractivity contribution in [3.05, 3.63) is 109 Å². The molecule has 0 atom stereocenters. The van der Waals surface area contributed by atoms with Crippen LogP contribution in [0.25, 0.3) is 10.9 Å². The van der Waals surface area contributed by atoms with Crippen LogP contribution in [0.3, 0.4) is 0 Å². The van der Waals surface area contributed by atoms with E-state index in [4.69, 9.17) is 4.74 Å². The standard InChI is InChI=1S/C26H23BrN4O4/c1-2-3-12-24-29-22-14-13-20(27)15-21(22)26(32)30(24)28-16-19-10-7-11-23(31(33)34)25(19)35-17-18-8-5-4-6-9-18/h4-11,13-16H,2-3,12,17H2,1H3. The maximum atomic E-state index is 13.3. The van der Waals surface area contributed by atoms with Gasteiger partial charge in [0.1, 0.15) is 12.4 Å². The van der Waals surface area contributed by atoms with Gasteiger partial charge in [0.05, 0.1) is 22.0 Å². The minimum atomic E-state index is -0.494. The fraction of sp³-hybridized carbons (Fsp3) is 0.192. The number of fused-ring (bicyclic) bond motifs is 1. The number of benzene rings is 3. The lowest BCUT2D eigenvalue weighted by Gasteiger charge is -2.11. The zero-order valence-corrected chi connectivity index (χ0v) is 20.6. The van der Waals surface area contributed by atoms with E-state index in [1.165, 1.54) is 17.0 Å². The Bertz CT molecular complexity index is 1450. The topological polar surface area (TPSA) is 99.6 Å². The van der Waals surface area contributed by atoms with Gasteiger partial charge in [-0.15, -0.1) is 0 Å². The SMILES string of the molecule is CCCCc1nc2ccc(Br)cc2c(=O)n1N=Cc1cccc([N+](=O)[O-])c1OCc1ccccc1. The summed E-state index contributed by atoms with van der Waals surface area (Å²) in [5, 5.41) is 16.5. The number of aryl methyl sites for hydroxylation is 1.